The lowest BCUT2D eigenvalue weighted by molar-refractivity contribution is 0.0571. The summed E-state index contributed by atoms with van der Waals surface area (Å²) in [5.41, 5.74) is 1.45. The summed E-state index contributed by atoms with van der Waals surface area (Å²) in [6, 6.07) is 14.2. The van der Waals surface area contributed by atoms with E-state index in [9.17, 15) is 14.4 Å². The average Bonchev–Trinajstić information content (AvgIpc) is 2.74. The van der Waals surface area contributed by atoms with Crippen LogP contribution in [0.25, 0.3) is 0 Å². The predicted molar refractivity (Wildman–Crippen MR) is 118 cm³/mol. The van der Waals surface area contributed by atoms with Crippen LogP contribution < -0.4 is 5.32 Å². The molecular weight excluding hydrogens is 485 g/mol. The molecular formula is C21H22IN3O4. The molecule has 0 aliphatic carbocycles. The molecule has 29 heavy (non-hydrogen) atoms. The minimum atomic E-state index is -0.357. The Bertz CT molecular complexity index is 910. The highest BCUT2D eigenvalue weighted by molar-refractivity contribution is 14.1. The van der Waals surface area contributed by atoms with Crippen molar-refractivity contribution in [3.63, 3.8) is 0 Å². The van der Waals surface area contributed by atoms with Crippen molar-refractivity contribution >= 4 is 46.2 Å². The van der Waals surface area contributed by atoms with Gasteiger partial charge in [0.25, 0.3) is 11.8 Å². The Balaban J connectivity index is 1.70. The number of ether oxygens (including phenoxy) is 1. The van der Waals surface area contributed by atoms with Gasteiger partial charge in [0.05, 0.1) is 23.4 Å². The topological polar surface area (TPSA) is 79.0 Å². The van der Waals surface area contributed by atoms with Gasteiger partial charge >= 0.3 is 6.09 Å². The maximum absolute atomic E-state index is 13.0. The average molecular weight is 507 g/mol. The lowest BCUT2D eigenvalue weighted by atomic mass is 10.1. The van der Waals surface area contributed by atoms with E-state index in [4.69, 9.17) is 4.74 Å². The van der Waals surface area contributed by atoms with Gasteiger partial charge in [-0.3, -0.25) is 9.59 Å². The van der Waals surface area contributed by atoms with Crippen LogP contribution in [0.1, 0.15) is 27.6 Å². The van der Waals surface area contributed by atoms with Crippen LogP contribution in [0.2, 0.25) is 0 Å². The number of piperazine rings is 1. The molecule has 2 aromatic rings. The Kier molecular flexibility index (Phi) is 7.08. The van der Waals surface area contributed by atoms with E-state index in [2.05, 4.69) is 27.9 Å². The number of anilines is 1. The molecule has 2 aromatic carbocycles. The number of carbonyl (C=O) groups excluding carboxylic acids is 3. The van der Waals surface area contributed by atoms with E-state index in [1.807, 2.05) is 12.1 Å². The summed E-state index contributed by atoms with van der Waals surface area (Å²) in [4.78, 5) is 40.8. The number of nitrogens with zero attached hydrogens (tertiary/aromatic N) is 2. The summed E-state index contributed by atoms with van der Waals surface area (Å²) in [5.74, 6) is -0.436. The van der Waals surface area contributed by atoms with E-state index < -0.39 is 0 Å². The van der Waals surface area contributed by atoms with Gasteiger partial charge in [0.2, 0.25) is 0 Å². The second-order valence-electron chi connectivity index (χ2n) is 6.46. The van der Waals surface area contributed by atoms with E-state index in [1.165, 1.54) is 0 Å². The second-order valence-corrected chi connectivity index (χ2v) is 7.62. The molecule has 0 saturated carbocycles. The third kappa shape index (κ3) is 5.06. The summed E-state index contributed by atoms with van der Waals surface area (Å²) in [7, 11) is 0. The summed E-state index contributed by atoms with van der Waals surface area (Å²) in [5, 5.41) is 2.86. The van der Waals surface area contributed by atoms with Crippen LogP contribution >= 0.6 is 22.6 Å². The van der Waals surface area contributed by atoms with E-state index in [0.717, 1.165) is 3.57 Å². The molecule has 0 unspecified atom stereocenters. The number of nitrogens with one attached hydrogen (secondary N) is 1. The molecule has 1 aliphatic rings. The molecule has 1 saturated heterocycles. The van der Waals surface area contributed by atoms with Crippen LogP contribution in [-0.4, -0.2) is 60.5 Å². The van der Waals surface area contributed by atoms with Gasteiger partial charge in [0.15, 0.2) is 0 Å². The van der Waals surface area contributed by atoms with Crippen molar-refractivity contribution < 1.29 is 19.1 Å². The van der Waals surface area contributed by atoms with Crippen molar-refractivity contribution in [3.05, 3.63) is 63.2 Å². The van der Waals surface area contributed by atoms with Crippen LogP contribution in [0.4, 0.5) is 10.5 Å². The number of halogens is 1. The van der Waals surface area contributed by atoms with Gasteiger partial charge < -0.3 is 19.9 Å². The third-order valence-electron chi connectivity index (χ3n) is 4.62. The molecule has 0 aromatic heterocycles. The Labute approximate surface area is 183 Å². The molecule has 1 heterocycles. The van der Waals surface area contributed by atoms with Gasteiger partial charge in [0, 0.05) is 29.7 Å². The number of hydrogen-bond donors (Lipinski definition) is 1. The smallest absolute Gasteiger partial charge is 0.409 e. The number of carbonyl (C=O) groups is 3. The maximum atomic E-state index is 13.0. The first-order chi connectivity index (χ1) is 14.0. The quantitative estimate of drug-likeness (QED) is 0.644. The molecule has 1 aliphatic heterocycles. The van der Waals surface area contributed by atoms with Crippen LogP contribution in [0, 0.1) is 3.57 Å². The molecule has 0 spiro atoms. The van der Waals surface area contributed by atoms with Crippen molar-refractivity contribution in [2.45, 2.75) is 6.92 Å². The SMILES string of the molecule is CCOC(=O)N1CCN(C(=O)c2ccccc2NC(=O)c2ccccc2I)CC1. The zero-order chi connectivity index (χ0) is 20.8. The molecule has 1 fully saturated rings. The standard InChI is InChI=1S/C21H22IN3O4/c1-2-29-21(28)25-13-11-24(12-14-25)20(27)16-8-4-6-10-18(16)23-19(26)15-7-3-5-9-17(15)22/h3-10H,2,11-14H2,1H3,(H,23,26). The highest BCUT2D eigenvalue weighted by Crippen LogP contribution is 2.21. The Hall–Kier alpha value is -2.62. The molecule has 152 valence electrons. The van der Waals surface area contributed by atoms with E-state index in [-0.39, 0.29) is 17.9 Å². The molecule has 3 rings (SSSR count). The number of benzene rings is 2. The zero-order valence-corrected chi connectivity index (χ0v) is 18.2. The summed E-state index contributed by atoms with van der Waals surface area (Å²) in [6.45, 7) is 3.75. The monoisotopic (exact) mass is 507 g/mol. The summed E-state index contributed by atoms with van der Waals surface area (Å²) >= 11 is 2.11. The maximum Gasteiger partial charge on any atom is 0.409 e. The van der Waals surface area contributed by atoms with Crippen molar-refractivity contribution in [2.24, 2.45) is 0 Å². The minimum Gasteiger partial charge on any atom is -0.450 e. The molecule has 1 N–H and O–H groups in total. The van der Waals surface area contributed by atoms with Crippen molar-refractivity contribution in [3.8, 4) is 0 Å². The fourth-order valence-corrected chi connectivity index (χ4v) is 3.72. The van der Waals surface area contributed by atoms with Gasteiger partial charge in [-0.15, -0.1) is 0 Å². The van der Waals surface area contributed by atoms with E-state index in [0.29, 0.717) is 49.6 Å². The Morgan fingerprint density at radius 1 is 0.931 bits per heavy atom. The van der Waals surface area contributed by atoms with Gasteiger partial charge in [0.1, 0.15) is 0 Å². The molecule has 8 heteroatoms. The largest absolute Gasteiger partial charge is 0.450 e. The van der Waals surface area contributed by atoms with Crippen molar-refractivity contribution in [1.29, 1.82) is 0 Å². The highest BCUT2D eigenvalue weighted by atomic mass is 127. The van der Waals surface area contributed by atoms with Crippen LogP contribution in [-0.2, 0) is 4.74 Å². The first-order valence-corrected chi connectivity index (χ1v) is 10.4. The third-order valence-corrected chi connectivity index (χ3v) is 5.56. The molecule has 0 atom stereocenters. The molecule has 0 bridgehead atoms. The summed E-state index contributed by atoms with van der Waals surface area (Å²) in [6.07, 6.45) is -0.357. The van der Waals surface area contributed by atoms with Gasteiger partial charge in [-0.05, 0) is 53.8 Å². The van der Waals surface area contributed by atoms with Gasteiger partial charge in [-0.2, -0.15) is 0 Å². The van der Waals surface area contributed by atoms with Gasteiger partial charge in [-0.25, -0.2) is 4.79 Å². The number of amides is 3. The lowest BCUT2D eigenvalue weighted by Gasteiger charge is -2.34. The fourth-order valence-electron chi connectivity index (χ4n) is 3.09. The normalized spacial score (nSPS) is 13.7. The van der Waals surface area contributed by atoms with Crippen LogP contribution in [0.5, 0.6) is 0 Å². The van der Waals surface area contributed by atoms with Crippen LogP contribution in [0.15, 0.2) is 48.5 Å². The van der Waals surface area contributed by atoms with Crippen molar-refractivity contribution in [1.82, 2.24) is 9.80 Å². The van der Waals surface area contributed by atoms with E-state index in [1.54, 1.807) is 53.1 Å². The first-order valence-electron chi connectivity index (χ1n) is 9.37. The fraction of sp³-hybridized carbons (Fsp3) is 0.286. The minimum absolute atomic E-state index is 0.174. The van der Waals surface area contributed by atoms with Gasteiger partial charge in [-0.1, -0.05) is 24.3 Å². The number of para-hydroxylation sites is 1. The Morgan fingerprint density at radius 2 is 1.52 bits per heavy atom. The number of rotatable bonds is 4. The molecule has 0 radical (unpaired) electrons. The predicted octanol–water partition coefficient (Wildman–Crippen LogP) is 3.46. The molecule has 7 nitrogen and oxygen atoms in total. The highest BCUT2D eigenvalue weighted by Gasteiger charge is 2.27. The molecule has 3 amide bonds. The summed E-state index contributed by atoms with van der Waals surface area (Å²) < 4.78 is 5.85. The number of hydrogen-bond acceptors (Lipinski definition) is 4. The van der Waals surface area contributed by atoms with Crippen molar-refractivity contribution in [2.75, 3.05) is 38.1 Å². The second kappa shape index (κ2) is 9.73. The van der Waals surface area contributed by atoms with E-state index >= 15 is 0 Å². The zero-order valence-electron chi connectivity index (χ0n) is 16.1. The van der Waals surface area contributed by atoms with Crippen LogP contribution in [0.3, 0.4) is 0 Å². The first kappa shape index (κ1) is 21.1. The Morgan fingerprint density at radius 3 is 2.17 bits per heavy atom. The lowest BCUT2D eigenvalue weighted by Crippen LogP contribution is -2.50.